The summed E-state index contributed by atoms with van der Waals surface area (Å²) in [6.07, 6.45) is 4.33. The highest BCUT2D eigenvalue weighted by Crippen LogP contribution is 2.16. The fourth-order valence-corrected chi connectivity index (χ4v) is 1.98. The van der Waals surface area contributed by atoms with Gasteiger partial charge in [0.15, 0.2) is 5.82 Å². The SMILES string of the molecule is Cn1cnc(CCn2cnc3cc(N)ccc32)n1. The van der Waals surface area contributed by atoms with Gasteiger partial charge in [-0.3, -0.25) is 4.68 Å². The maximum Gasteiger partial charge on any atom is 0.152 e. The zero-order valence-electron chi connectivity index (χ0n) is 10.1. The van der Waals surface area contributed by atoms with Gasteiger partial charge in [-0.25, -0.2) is 9.97 Å². The predicted octanol–water partition coefficient (Wildman–Crippen LogP) is 0.990. The van der Waals surface area contributed by atoms with Crippen molar-refractivity contribution in [2.75, 3.05) is 5.73 Å². The summed E-state index contributed by atoms with van der Waals surface area (Å²) < 4.78 is 3.80. The third-order valence-electron chi connectivity index (χ3n) is 2.87. The predicted molar refractivity (Wildman–Crippen MR) is 68.9 cm³/mol. The Kier molecular flexibility index (Phi) is 2.47. The molecule has 1 aromatic carbocycles. The number of aromatic nitrogens is 5. The average molecular weight is 242 g/mol. The van der Waals surface area contributed by atoms with Crippen LogP contribution in [0.3, 0.4) is 0 Å². The number of imidazole rings is 1. The minimum Gasteiger partial charge on any atom is -0.399 e. The van der Waals surface area contributed by atoms with Crippen LogP contribution in [-0.4, -0.2) is 24.3 Å². The Morgan fingerprint density at radius 1 is 1.22 bits per heavy atom. The Bertz CT molecular complexity index is 681. The van der Waals surface area contributed by atoms with Crippen molar-refractivity contribution >= 4 is 16.7 Å². The monoisotopic (exact) mass is 242 g/mol. The number of benzene rings is 1. The molecule has 0 aliphatic heterocycles. The van der Waals surface area contributed by atoms with Crippen molar-refractivity contribution in [1.82, 2.24) is 24.3 Å². The van der Waals surface area contributed by atoms with Gasteiger partial charge in [-0.1, -0.05) is 0 Å². The van der Waals surface area contributed by atoms with Gasteiger partial charge in [-0.2, -0.15) is 5.10 Å². The molecule has 92 valence electrons. The van der Waals surface area contributed by atoms with E-state index in [-0.39, 0.29) is 0 Å². The van der Waals surface area contributed by atoms with Crippen LogP contribution in [0.5, 0.6) is 0 Å². The third kappa shape index (κ3) is 1.92. The zero-order valence-corrected chi connectivity index (χ0v) is 10.1. The standard InChI is InChI=1S/C12H14N6/c1-17-7-15-12(16-17)4-5-18-8-14-10-6-9(13)2-3-11(10)18/h2-3,6-8H,4-5,13H2,1H3. The molecule has 3 rings (SSSR count). The van der Waals surface area contributed by atoms with Gasteiger partial charge in [0.2, 0.25) is 0 Å². The molecular weight excluding hydrogens is 228 g/mol. The van der Waals surface area contributed by atoms with Crippen LogP contribution in [0.15, 0.2) is 30.9 Å². The van der Waals surface area contributed by atoms with E-state index in [4.69, 9.17) is 5.73 Å². The smallest absolute Gasteiger partial charge is 0.152 e. The summed E-state index contributed by atoms with van der Waals surface area (Å²) in [4.78, 5) is 8.54. The molecule has 3 aromatic rings. The summed E-state index contributed by atoms with van der Waals surface area (Å²) in [7, 11) is 1.87. The van der Waals surface area contributed by atoms with Gasteiger partial charge in [0.1, 0.15) is 6.33 Å². The number of rotatable bonds is 3. The summed E-state index contributed by atoms with van der Waals surface area (Å²) in [6.45, 7) is 0.810. The van der Waals surface area contributed by atoms with Crippen molar-refractivity contribution in [1.29, 1.82) is 0 Å². The van der Waals surface area contributed by atoms with E-state index in [2.05, 4.69) is 19.6 Å². The molecule has 2 heterocycles. The van der Waals surface area contributed by atoms with E-state index in [1.165, 1.54) is 0 Å². The number of aryl methyl sites for hydroxylation is 3. The van der Waals surface area contributed by atoms with Crippen LogP contribution in [0, 0.1) is 0 Å². The number of nitrogen functional groups attached to an aromatic ring is 1. The van der Waals surface area contributed by atoms with Crippen molar-refractivity contribution in [3.8, 4) is 0 Å². The Balaban J connectivity index is 1.82. The number of nitrogens with two attached hydrogens (primary N) is 1. The second-order valence-electron chi connectivity index (χ2n) is 4.27. The number of fused-ring (bicyclic) bond motifs is 1. The van der Waals surface area contributed by atoms with Crippen molar-refractivity contribution < 1.29 is 0 Å². The second-order valence-corrected chi connectivity index (χ2v) is 4.27. The Morgan fingerprint density at radius 2 is 2.11 bits per heavy atom. The molecule has 0 aliphatic rings. The van der Waals surface area contributed by atoms with Gasteiger partial charge < -0.3 is 10.3 Å². The Morgan fingerprint density at radius 3 is 2.89 bits per heavy atom. The van der Waals surface area contributed by atoms with Gasteiger partial charge in [-0.15, -0.1) is 0 Å². The summed E-state index contributed by atoms with van der Waals surface area (Å²) in [5.74, 6) is 0.842. The Labute approximate surface area is 104 Å². The summed E-state index contributed by atoms with van der Waals surface area (Å²) >= 11 is 0. The van der Waals surface area contributed by atoms with Crippen LogP contribution < -0.4 is 5.73 Å². The fourth-order valence-electron chi connectivity index (χ4n) is 1.98. The van der Waals surface area contributed by atoms with Crippen molar-refractivity contribution in [2.45, 2.75) is 13.0 Å². The second kappa shape index (κ2) is 4.14. The van der Waals surface area contributed by atoms with E-state index in [0.717, 1.165) is 35.5 Å². The van der Waals surface area contributed by atoms with Crippen molar-refractivity contribution in [3.05, 3.63) is 36.7 Å². The summed E-state index contributed by atoms with van der Waals surface area (Å²) in [5.41, 5.74) is 8.47. The molecule has 0 aliphatic carbocycles. The number of hydrogen-bond donors (Lipinski definition) is 1. The number of nitrogens with zero attached hydrogens (tertiary/aromatic N) is 5. The van der Waals surface area contributed by atoms with E-state index in [0.29, 0.717) is 0 Å². The molecule has 6 heteroatoms. The van der Waals surface area contributed by atoms with Gasteiger partial charge in [0.25, 0.3) is 0 Å². The molecule has 0 amide bonds. The molecule has 2 N–H and O–H groups in total. The van der Waals surface area contributed by atoms with Crippen LogP contribution in [0.4, 0.5) is 5.69 Å². The molecular formula is C12H14N6. The largest absolute Gasteiger partial charge is 0.399 e. The first kappa shape index (κ1) is 10.8. The summed E-state index contributed by atoms with van der Waals surface area (Å²) in [6, 6.07) is 5.76. The topological polar surface area (TPSA) is 74.5 Å². The van der Waals surface area contributed by atoms with Crippen LogP contribution in [0.2, 0.25) is 0 Å². The van der Waals surface area contributed by atoms with E-state index >= 15 is 0 Å². The maximum atomic E-state index is 5.73. The molecule has 6 nitrogen and oxygen atoms in total. The Hall–Kier alpha value is -2.37. The van der Waals surface area contributed by atoms with Crippen molar-refractivity contribution in [2.24, 2.45) is 7.05 Å². The first-order valence-corrected chi connectivity index (χ1v) is 5.77. The van der Waals surface area contributed by atoms with E-state index < -0.39 is 0 Å². The highest BCUT2D eigenvalue weighted by atomic mass is 15.3. The summed E-state index contributed by atoms with van der Waals surface area (Å²) in [5, 5.41) is 4.26. The first-order valence-electron chi connectivity index (χ1n) is 5.77. The molecule has 2 aromatic heterocycles. The van der Waals surface area contributed by atoms with E-state index in [1.807, 2.05) is 31.6 Å². The quantitative estimate of drug-likeness (QED) is 0.695. The molecule has 18 heavy (non-hydrogen) atoms. The molecule has 0 unspecified atom stereocenters. The lowest BCUT2D eigenvalue weighted by molar-refractivity contribution is 0.671. The molecule has 0 saturated heterocycles. The fraction of sp³-hybridized carbons (Fsp3) is 0.250. The lowest BCUT2D eigenvalue weighted by Crippen LogP contribution is -2.02. The van der Waals surface area contributed by atoms with E-state index in [1.54, 1.807) is 11.0 Å². The van der Waals surface area contributed by atoms with Crippen LogP contribution in [-0.2, 0) is 20.0 Å². The van der Waals surface area contributed by atoms with Gasteiger partial charge in [-0.05, 0) is 18.2 Å². The maximum absolute atomic E-state index is 5.73. The lowest BCUT2D eigenvalue weighted by Gasteiger charge is -2.02. The lowest BCUT2D eigenvalue weighted by atomic mass is 10.3. The van der Waals surface area contributed by atoms with Crippen LogP contribution in [0.25, 0.3) is 11.0 Å². The first-order chi connectivity index (χ1) is 8.72. The van der Waals surface area contributed by atoms with Gasteiger partial charge >= 0.3 is 0 Å². The zero-order chi connectivity index (χ0) is 12.5. The van der Waals surface area contributed by atoms with Gasteiger partial charge in [0, 0.05) is 25.7 Å². The normalized spacial score (nSPS) is 11.2. The molecule has 0 fully saturated rings. The number of anilines is 1. The van der Waals surface area contributed by atoms with E-state index in [9.17, 15) is 0 Å². The molecule has 0 saturated carbocycles. The number of hydrogen-bond acceptors (Lipinski definition) is 4. The van der Waals surface area contributed by atoms with Gasteiger partial charge in [0.05, 0.1) is 17.4 Å². The van der Waals surface area contributed by atoms with Crippen LogP contribution >= 0.6 is 0 Å². The molecule has 0 radical (unpaired) electrons. The minimum atomic E-state index is 0.735. The molecule has 0 bridgehead atoms. The molecule has 0 atom stereocenters. The van der Waals surface area contributed by atoms with Crippen molar-refractivity contribution in [3.63, 3.8) is 0 Å². The minimum absolute atomic E-state index is 0.735. The molecule has 0 spiro atoms. The average Bonchev–Trinajstić information content (AvgIpc) is 2.92. The highest BCUT2D eigenvalue weighted by Gasteiger charge is 2.04. The highest BCUT2D eigenvalue weighted by molar-refractivity contribution is 5.78. The third-order valence-corrected chi connectivity index (χ3v) is 2.87. The van der Waals surface area contributed by atoms with Crippen LogP contribution in [0.1, 0.15) is 5.82 Å².